The van der Waals surface area contributed by atoms with Gasteiger partial charge >= 0.3 is 5.97 Å². The molecule has 0 spiro atoms. The number of aliphatic hydroxyl groups is 1. The summed E-state index contributed by atoms with van der Waals surface area (Å²) in [6, 6.07) is 7.36. The van der Waals surface area contributed by atoms with E-state index in [1.54, 1.807) is 23.9 Å². The minimum atomic E-state index is -1.30. The van der Waals surface area contributed by atoms with Gasteiger partial charge in [-0.05, 0) is 30.4 Å². The molecule has 0 aliphatic heterocycles. The van der Waals surface area contributed by atoms with Gasteiger partial charge in [0.25, 0.3) is 0 Å². The molecule has 0 amide bonds. The molecule has 3 nitrogen and oxygen atoms in total. The third-order valence-corrected chi connectivity index (χ3v) is 3.18. The molecule has 1 aromatic carbocycles. The third kappa shape index (κ3) is 3.54. The molecule has 0 aromatic heterocycles. The maximum Gasteiger partial charge on any atom is 0.306 e. The Morgan fingerprint density at radius 3 is 2.38 bits per heavy atom. The predicted octanol–water partition coefficient (Wildman–Crippen LogP) is 2.48. The molecule has 0 heterocycles. The molecule has 0 saturated heterocycles. The highest BCUT2D eigenvalue weighted by Crippen LogP contribution is 2.27. The molecule has 4 heteroatoms. The predicted molar refractivity (Wildman–Crippen MR) is 64.7 cm³/mol. The van der Waals surface area contributed by atoms with Gasteiger partial charge in [-0.25, -0.2) is 0 Å². The van der Waals surface area contributed by atoms with Crippen LogP contribution in [0.25, 0.3) is 0 Å². The van der Waals surface area contributed by atoms with Crippen molar-refractivity contribution < 1.29 is 15.0 Å². The number of benzene rings is 1. The molecule has 1 unspecified atom stereocenters. The zero-order valence-corrected chi connectivity index (χ0v) is 10.3. The van der Waals surface area contributed by atoms with Crippen LogP contribution in [0.4, 0.5) is 0 Å². The number of thioether (sulfide) groups is 1. The van der Waals surface area contributed by atoms with E-state index in [1.165, 1.54) is 6.92 Å². The summed E-state index contributed by atoms with van der Waals surface area (Å²) in [6.07, 6.45) is -0.284. The molecular formula is C12H16O3S. The Hall–Kier alpha value is -1.00. The van der Waals surface area contributed by atoms with Crippen LogP contribution in [0.1, 0.15) is 25.8 Å². The lowest BCUT2D eigenvalue weighted by molar-refractivity contribution is -0.142. The second kappa shape index (κ2) is 5.37. The number of rotatable bonds is 5. The molecule has 1 aromatic rings. The molecule has 16 heavy (non-hydrogen) atoms. The number of aliphatic carboxylic acids is 1. The van der Waals surface area contributed by atoms with E-state index in [-0.39, 0.29) is 6.42 Å². The first-order valence-corrected chi connectivity index (χ1v) is 6.12. The van der Waals surface area contributed by atoms with E-state index in [0.29, 0.717) is 5.56 Å². The molecule has 0 aliphatic carbocycles. The molecule has 0 bridgehead atoms. The maximum absolute atomic E-state index is 10.6. The second-order valence-corrected chi connectivity index (χ2v) is 5.14. The van der Waals surface area contributed by atoms with Crippen LogP contribution in [-0.2, 0) is 10.4 Å². The van der Waals surface area contributed by atoms with E-state index in [0.717, 1.165) is 10.6 Å². The molecule has 0 saturated carbocycles. The average molecular weight is 240 g/mol. The van der Waals surface area contributed by atoms with Crippen LogP contribution in [0.15, 0.2) is 29.2 Å². The van der Waals surface area contributed by atoms with Crippen molar-refractivity contribution in [2.45, 2.75) is 30.8 Å². The van der Waals surface area contributed by atoms with Crippen molar-refractivity contribution in [2.24, 2.45) is 0 Å². The van der Waals surface area contributed by atoms with Gasteiger partial charge in [0.15, 0.2) is 0 Å². The number of hydrogen-bond donors (Lipinski definition) is 2. The highest BCUT2D eigenvalue weighted by Gasteiger charge is 2.26. The first kappa shape index (κ1) is 13.1. The van der Waals surface area contributed by atoms with Gasteiger partial charge in [-0.2, -0.15) is 0 Å². The van der Waals surface area contributed by atoms with E-state index in [2.05, 4.69) is 6.92 Å². The van der Waals surface area contributed by atoms with Gasteiger partial charge in [0.05, 0.1) is 12.0 Å². The zero-order chi connectivity index (χ0) is 12.2. The summed E-state index contributed by atoms with van der Waals surface area (Å²) in [5.41, 5.74) is -0.670. The largest absolute Gasteiger partial charge is 0.481 e. The summed E-state index contributed by atoms with van der Waals surface area (Å²) < 4.78 is 0. The fourth-order valence-electron chi connectivity index (χ4n) is 1.47. The third-order valence-electron chi connectivity index (χ3n) is 2.28. The van der Waals surface area contributed by atoms with Gasteiger partial charge in [0, 0.05) is 4.90 Å². The Balaban J connectivity index is 2.83. The summed E-state index contributed by atoms with van der Waals surface area (Å²) in [7, 11) is 0. The van der Waals surface area contributed by atoms with Crippen molar-refractivity contribution in [3.63, 3.8) is 0 Å². The minimum absolute atomic E-state index is 0.284. The average Bonchev–Trinajstić information content (AvgIpc) is 2.17. The van der Waals surface area contributed by atoms with Crippen molar-refractivity contribution in [3.8, 4) is 0 Å². The van der Waals surface area contributed by atoms with E-state index in [1.807, 2.05) is 12.1 Å². The van der Waals surface area contributed by atoms with E-state index in [9.17, 15) is 9.90 Å². The Morgan fingerprint density at radius 1 is 1.38 bits per heavy atom. The molecule has 1 atom stereocenters. The summed E-state index contributed by atoms with van der Waals surface area (Å²) >= 11 is 1.71. The first-order chi connectivity index (χ1) is 7.45. The molecule has 2 N–H and O–H groups in total. The quantitative estimate of drug-likeness (QED) is 0.776. The van der Waals surface area contributed by atoms with Gasteiger partial charge in [-0.1, -0.05) is 19.1 Å². The monoisotopic (exact) mass is 240 g/mol. The highest BCUT2D eigenvalue weighted by molar-refractivity contribution is 7.99. The fraction of sp³-hybridized carbons (Fsp3) is 0.417. The molecule has 1 rings (SSSR count). The van der Waals surface area contributed by atoms with Crippen LogP contribution in [0, 0.1) is 0 Å². The SMILES string of the molecule is CCSc1ccc(C(C)(O)CC(=O)O)cc1. The lowest BCUT2D eigenvalue weighted by Gasteiger charge is -2.21. The van der Waals surface area contributed by atoms with Crippen LogP contribution in [0.5, 0.6) is 0 Å². The number of carboxylic acids is 1. The summed E-state index contributed by atoms with van der Waals surface area (Å²) in [5.74, 6) is -0.0118. The van der Waals surface area contributed by atoms with Crippen molar-refractivity contribution in [1.29, 1.82) is 0 Å². The van der Waals surface area contributed by atoms with Crippen molar-refractivity contribution in [2.75, 3.05) is 5.75 Å². The summed E-state index contributed by atoms with van der Waals surface area (Å²) in [5, 5.41) is 18.7. The first-order valence-electron chi connectivity index (χ1n) is 5.13. The fourth-order valence-corrected chi connectivity index (χ4v) is 2.14. The number of carboxylic acid groups (broad SMARTS) is 1. The smallest absolute Gasteiger partial charge is 0.306 e. The van der Waals surface area contributed by atoms with Crippen LogP contribution in [0.3, 0.4) is 0 Å². The summed E-state index contributed by atoms with van der Waals surface area (Å²) in [4.78, 5) is 11.7. The van der Waals surface area contributed by atoms with Gasteiger partial charge in [0.2, 0.25) is 0 Å². The van der Waals surface area contributed by atoms with Crippen LogP contribution in [0.2, 0.25) is 0 Å². The summed E-state index contributed by atoms with van der Waals surface area (Å²) in [6.45, 7) is 3.59. The maximum atomic E-state index is 10.6. The zero-order valence-electron chi connectivity index (χ0n) is 9.43. The standard InChI is InChI=1S/C12H16O3S/c1-3-16-10-6-4-9(5-7-10)12(2,15)8-11(13)14/h4-7,15H,3,8H2,1-2H3,(H,13,14). The van der Waals surface area contributed by atoms with Crippen LogP contribution < -0.4 is 0 Å². The lowest BCUT2D eigenvalue weighted by Crippen LogP contribution is -2.24. The molecular weight excluding hydrogens is 224 g/mol. The Kier molecular flexibility index (Phi) is 4.38. The van der Waals surface area contributed by atoms with Gasteiger partial charge in [0.1, 0.15) is 0 Å². The normalized spacial score (nSPS) is 14.4. The minimum Gasteiger partial charge on any atom is -0.481 e. The topological polar surface area (TPSA) is 57.5 Å². The van der Waals surface area contributed by atoms with Gasteiger partial charge < -0.3 is 10.2 Å². The van der Waals surface area contributed by atoms with E-state index in [4.69, 9.17) is 5.11 Å². The van der Waals surface area contributed by atoms with E-state index < -0.39 is 11.6 Å². The van der Waals surface area contributed by atoms with Crippen molar-refractivity contribution in [3.05, 3.63) is 29.8 Å². The second-order valence-electron chi connectivity index (χ2n) is 3.80. The molecule has 0 fully saturated rings. The van der Waals surface area contributed by atoms with Crippen LogP contribution >= 0.6 is 11.8 Å². The Bertz CT molecular complexity index is 357. The Labute approximate surface area is 99.5 Å². The van der Waals surface area contributed by atoms with Crippen molar-refractivity contribution >= 4 is 17.7 Å². The Morgan fingerprint density at radius 2 is 1.94 bits per heavy atom. The van der Waals surface area contributed by atoms with Gasteiger partial charge in [-0.3, -0.25) is 4.79 Å². The number of carbonyl (C=O) groups is 1. The molecule has 88 valence electrons. The van der Waals surface area contributed by atoms with E-state index >= 15 is 0 Å². The molecule has 0 radical (unpaired) electrons. The van der Waals surface area contributed by atoms with Crippen molar-refractivity contribution in [1.82, 2.24) is 0 Å². The highest BCUT2D eigenvalue weighted by atomic mass is 32.2. The molecule has 0 aliphatic rings. The number of hydrogen-bond acceptors (Lipinski definition) is 3. The van der Waals surface area contributed by atoms with Crippen LogP contribution in [-0.4, -0.2) is 21.9 Å². The van der Waals surface area contributed by atoms with Gasteiger partial charge in [-0.15, -0.1) is 11.8 Å². The lowest BCUT2D eigenvalue weighted by atomic mass is 9.93.